The van der Waals surface area contributed by atoms with Gasteiger partial charge in [-0.2, -0.15) is 0 Å². The summed E-state index contributed by atoms with van der Waals surface area (Å²) in [4.78, 5) is 16.6. The molecule has 0 atom stereocenters. The monoisotopic (exact) mass is 372 g/mol. The van der Waals surface area contributed by atoms with Crippen molar-refractivity contribution in [1.82, 2.24) is 4.98 Å². The number of aryl methyl sites for hydroxylation is 1. The number of fused-ring (bicyclic) bond motifs is 1. The third-order valence-corrected chi connectivity index (χ3v) is 4.53. The molecule has 1 N–H and O–H groups in total. The fourth-order valence-corrected chi connectivity index (χ4v) is 3.32. The average molecular weight is 372 g/mol. The highest BCUT2D eigenvalue weighted by molar-refractivity contribution is 7.22. The molecule has 0 spiro atoms. The van der Waals surface area contributed by atoms with Crippen LogP contribution in [0.5, 0.6) is 17.2 Å². The summed E-state index contributed by atoms with van der Waals surface area (Å²) in [6, 6.07) is 11.2. The lowest BCUT2D eigenvalue weighted by Crippen LogP contribution is -2.20. The summed E-state index contributed by atoms with van der Waals surface area (Å²) in [6.45, 7) is 4.38. The lowest BCUT2D eigenvalue weighted by atomic mass is 10.2. The smallest absolute Gasteiger partial charge is 0.264 e. The third-order valence-electron chi connectivity index (χ3n) is 3.60. The number of ether oxygens (including phenoxy) is 3. The molecule has 2 aromatic carbocycles. The van der Waals surface area contributed by atoms with Crippen molar-refractivity contribution in [1.29, 1.82) is 0 Å². The topological polar surface area (TPSA) is 69.7 Å². The second-order valence-corrected chi connectivity index (χ2v) is 6.60. The fourth-order valence-electron chi connectivity index (χ4n) is 2.41. The van der Waals surface area contributed by atoms with Gasteiger partial charge in [0.25, 0.3) is 5.91 Å². The lowest BCUT2D eigenvalue weighted by molar-refractivity contribution is -0.118. The number of rotatable bonds is 7. The molecule has 26 heavy (non-hydrogen) atoms. The van der Waals surface area contributed by atoms with E-state index in [4.69, 9.17) is 14.2 Å². The summed E-state index contributed by atoms with van der Waals surface area (Å²) in [6.07, 6.45) is 0. The maximum atomic E-state index is 12.2. The number of thiazole rings is 1. The molecule has 0 bridgehead atoms. The minimum Gasteiger partial charge on any atom is -0.494 e. The highest BCUT2D eigenvalue weighted by Gasteiger charge is 2.11. The molecule has 3 rings (SSSR count). The van der Waals surface area contributed by atoms with Crippen molar-refractivity contribution in [3.8, 4) is 17.2 Å². The van der Waals surface area contributed by atoms with Gasteiger partial charge in [0, 0.05) is 0 Å². The number of methoxy groups -OCH3 is 1. The Labute approximate surface area is 155 Å². The number of hydrogen-bond acceptors (Lipinski definition) is 6. The van der Waals surface area contributed by atoms with Gasteiger partial charge in [-0.3, -0.25) is 10.1 Å². The first-order valence-electron chi connectivity index (χ1n) is 8.19. The van der Waals surface area contributed by atoms with Crippen LogP contribution in [0.25, 0.3) is 10.2 Å². The standard InChI is InChI=1S/C19H20N2O4S/c1-4-24-13-6-7-14-17(10-13)26-19(20-14)21-18(22)11-25-15-8-5-12(2)9-16(15)23-3/h5-10H,4,11H2,1-3H3,(H,20,21,22). The van der Waals surface area contributed by atoms with Crippen molar-refractivity contribution >= 4 is 32.6 Å². The number of anilines is 1. The summed E-state index contributed by atoms with van der Waals surface area (Å²) >= 11 is 1.39. The van der Waals surface area contributed by atoms with Gasteiger partial charge in [0.2, 0.25) is 0 Å². The number of benzene rings is 2. The molecule has 1 aromatic heterocycles. The van der Waals surface area contributed by atoms with E-state index in [9.17, 15) is 4.79 Å². The van der Waals surface area contributed by atoms with Crippen LogP contribution in [0.4, 0.5) is 5.13 Å². The zero-order valence-corrected chi connectivity index (χ0v) is 15.7. The third kappa shape index (κ3) is 4.23. The maximum Gasteiger partial charge on any atom is 0.264 e. The lowest BCUT2D eigenvalue weighted by Gasteiger charge is -2.10. The van der Waals surface area contributed by atoms with E-state index in [2.05, 4.69) is 10.3 Å². The summed E-state index contributed by atoms with van der Waals surface area (Å²) in [5.41, 5.74) is 1.87. The van der Waals surface area contributed by atoms with Gasteiger partial charge in [-0.05, 0) is 49.7 Å². The first-order chi connectivity index (χ1) is 12.6. The van der Waals surface area contributed by atoms with Gasteiger partial charge in [-0.15, -0.1) is 0 Å². The van der Waals surface area contributed by atoms with Crippen LogP contribution in [0.3, 0.4) is 0 Å². The molecule has 1 amide bonds. The Hall–Kier alpha value is -2.80. The van der Waals surface area contributed by atoms with Crippen LogP contribution >= 0.6 is 11.3 Å². The van der Waals surface area contributed by atoms with Crippen molar-refractivity contribution in [2.45, 2.75) is 13.8 Å². The molecular formula is C19H20N2O4S. The molecule has 0 fully saturated rings. The molecule has 0 aliphatic heterocycles. The van der Waals surface area contributed by atoms with Gasteiger partial charge >= 0.3 is 0 Å². The molecule has 0 radical (unpaired) electrons. The van der Waals surface area contributed by atoms with Crippen LogP contribution in [-0.2, 0) is 4.79 Å². The second kappa shape index (κ2) is 8.05. The summed E-state index contributed by atoms with van der Waals surface area (Å²) in [5.74, 6) is 1.63. The van der Waals surface area contributed by atoms with E-state index >= 15 is 0 Å². The van der Waals surface area contributed by atoms with Gasteiger partial charge < -0.3 is 14.2 Å². The number of nitrogens with zero attached hydrogens (tertiary/aromatic N) is 1. The number of carbonyl (C=O) groups excluding carboxylic acids is 1. The molecule has 136 valence electrons. The van der Waals surface area contributed by atoms with E-state index in [1.54, 1.807) is 13.2 Å². The SMILES string of the molecule is CCOc1ccc2nc(NC(=O)COc3ccc(C)cc3OC)sc2c1. The van der Waals surface area contributed by atoms with Crippen molar-refractivity contribution in [3.05, 3.63) is 42.0 Å². The predicted molar refractivity (Wildman–Crippen MR) is 103 cm³/mol. The number of hydrogen-bond donors (Lipinski definition) is 1. The summed E-state index contributed by atoms with van der Waals surface area (Å²) in [5, 5.41) is 3.29. The van der Waals surface area contributed by atoms with Crippen LogP contribution in [0.2, 0.25) is 0 Å². The normalized spacial score (nSPS) is 10.6. The predicted octanol–water partition coefficient (Wildman–Crippen LogP) is 4.03. The largest absolute Gasteiger partial charge is 0.494 e. The zero-order chi connectivity index (χ0) is 18.5. The van der Waals surface area contributed by atoms with Crippen LogP contribution in [0.1, 0.15) is 12.5 Å². The first kappa shape index (κ1) is 18.0. The van der Waals surface area contributed by atoms with Gasteiger partial charge in [0.1, 0.15) is 5.75 Å². The quantitative estimate of drug-likeness (QED) is 0.678. The summed E-state index contributed by atoms with van der Waals surface area (Å²) < 4.78 is 17.3. The molecule has 1 heterocycles. The zero-order valence-electron chi connectivity index (χ0n) is 14.9. The number of nitrogens with one attached hydrogen (secondary N) is 1. The van der Waals surface area contributed by atoms with E-state index < -0.39 is 0 Å². The van der Waals surface area contributed by atoms with Crippen LogP contribution in [0, 0.1) is 6.92 Å². The summed E-state index contributed by atoms with van der Waals surface area (Å²) in [7, 11) is 1.57. The molecule has 6 nitrogen and oxygen atoms in total. The Morgan fingerprint density at radius 1 is 1.15 bits per heavy atom. The second-order valence-electron chi connectivity index (χ2n) is 5.57. The first-order valence-corrected chi connectivity index (χ1v) is 9.01. The Bertz CT molecular complexity index is 923. The average Bonchev–Trinajstić information content (AvgIpc) is 3.02. The van der Waals surface area contributed by atoms with E-state index in [0.717, 1.165) is 21.5 Å². The molecule has 0 unspecified atom stereocenters. The van der Waals surface area contributed by atoms with Crippen LogP contribution in [0.15, 0.2) is 36.4 Å². The molecule has 0 aliphatic rings. The van der Waals surface area contributed by atoms with E-state index in [1.165, 1.54) is 11.3 Å². The maximum absolute atomic E-state index is 12.2. The Balaban J connectivity index is 1.64. The van der Waals surface area contributed by atoms with Gasteiger partial charge in [-0.1, -0.05) is 17.4 Å². The molecule has 7 heteroatoms. The molecule has 3 aromatic rings. The Kier molecular flexibility index (Phi) is 5.58. The highest BCUT2D eigenvalue weighted by atomic mass is 32.1. The number of amides is 1. The van der Waals surface area contributed by atoms with E-state index in [1.807, 2.05) is 44.2 Å². The minimum atomic E-state index is -0.281. The number of aromatic nitrogens is 1. The highest BCUT2D eigenvalue weighted by Crippen LogP contribution is 2.30. The van der Waals surface area contributed by atoms with Crippen molar-refractivity contribution in [2.75, 3.05) is 25.6 Å². The minimum absolute atomic E-state index is 0.125. The molecular weight excluding hydrogens is 352 g/mol. The van der Waals surface area contributed by atoms with Crippen molar-refractivity contribution in [2.24, 2.45) is 0 Å². The van der Waals surface area contributed by atoms with Crippen LogP contribution in [-0.4, -0.2) is 31.2 Å². The van der Waals surface area contributed by atoms with Crippen molar-refractivity contribution < 1.29 is 19.0 Å². The fraction of sp³-hybridized carbons (Fsp3) is 0.263. The van der Waals surface area contributed by atoms with Gasteiger partial charge in [0.15, 0.2) is 23.2 Å². The Morgan fingerprint density at radius 2 is 2.00 bits per heavy atom. The van der Waals surface area contributed by atoms with E-state index in [-0.39, 0.29) is 12.5 Å². The molecule has 0 aliphatic carbocycles. The van der Waals surface area contributed by atoms with E-state index in [0.29, 0.717) is 23.2 Å². The van der Waals surface area contributed by atoms with Crippen molar-refractivity contribution in [3.63, 3.8) is 0 Å². The molecule has 0 saturated heterocycles. The molecule has 0 saturated carbocycles. The number of carbonyl (C=O) groups is 1. The van der Waals surface area contributed by atoms with Crippen LogP contribution < -0.4 is 19.5 Å². The van der Waals surface area contributed by atoms with Gasteiger partial charge in [0.05, 0.1) is 23.9 Å². The Morgan fingerprint density at radius 3 is 2.77 bits per heavy atom. The van der Waals surface area contributed by atoms with Gasteiger partial charge in [-0.25, -0.2) is 4.98 Å².